The van der Waals surface area contributed by atoms with E-state index in [1.54, 1.807) is 13.0 Å². The number of nitrogens with two attached hydrogens (primary N) is 1. The zero-order chi connectivity index (χ0) is 13.6. The van der Waals surface area contributed by atoms with Crippen LogP contribution < -0.4 is 11.1 Å². The zero-order valence-corrected chi connectivity index (χ0v) is 10.9. The molecule has 0 aromatic rings. The standard InChI is InChI=1S/C14H18N2O2/c1-9-7-14(5-4-10(9)17)8-13(2,3)16-11(14)6-12(15)18/h4-7,16H,8H2,1-3H3,(H2,15,18)/b11-6-. The molecule has 1 atom stereocenters. The summed E-state index contributed by atoms with van der Waals surface area (Å²) in [5.41, 5.74) is 6.17. The minimum Gasteiger partial charge on any atom is -0.382 e. The Morgan fingerprint density at radius 2 is 2.17 bits per heavy atom. The molecular formula is C14H18N2O2. The van der Waals surface area contributed by atoms with E-state index in [1.165, 1.54) is 6.08 Å². The molecule has 0 aromatic carbocycles. The number of rotatable bonds is 1. The van der Waals surface area contributed by atoms with Crippen LogP contribution in [0.5, 0.6) is 0 Å². The maximum Gasteiger partial charge on any atom is 0.243 e. The molecule has 0 saturated carbocycles. The molecule has 0 bridgehead atoms. The molecular weight excluding hydrogens is 228 g/mol. The maximum atomic E-state index is 11.5. The van der Waals surface area contributed by atoms with E-state index in [9.17, 15) is 9.59 Å². The first kappa shape index (κ1) is 12.6. The van der Waals surface area contributed by atoms with E-state index in [4.69, 9.17) is 5.73 Å². The van der Waals surface area contributed by atoms with E-state index in [1.807, 2.05) is 12.2 Å². The van der Waals surface area contributed by atoms with Crippen LogP contribution in [-0.4, -0.2) is 17.2 Å². The van der Waals surface area contributed by atoms with Crippen LogP contribution in [0.25, 0.3) is 0 Å². The van der Waals surface area contributed by atoms with E-state index in [0.29, 0.717) is 5.57 Å². The van der Waals surface area contributed by atoms with E-state index in [2.05, 4.69) is 19.2 Å². The van der Waals surface area contributed by atoms with Crippen molar-refractivity contribution < 1.29 is 9.59 Å². The number of hydrogen-bond donors (Lipinski definition) is 2. The summed E-state index contributed by atoms with van der Waals surface area (Å²) in [7, 11) is 0. The highest BCUT2D eigenvalue weighted by molar-refractivity contribution is 6.05. The smallest absolute Gasteiger partial charge is 0.243 e. The highest BCUT2D eigenvalue weighted by Gasteiger charge is 2.45. The molecule has 1 spiro atoms. The van der Waals surface area contributed by atoms with Crippen molar-refractivity contribution in [2.24, 2.45) is 11.1 Å². The molecule has 2 rings (SSSR count). The molecule has 4 heteroatoms. The van der Waals surface area contributed by atoms with Crippen molar-refractivity contribution in [3.8, 4) is 0 Å². The fraction of sp³-hybridized carbons (Fsp3) is 0.429. The fourth-order valence-electron chi connectivity index (χ4n) is 2.80. The summed E-state index contributed by atoms with van der Waals surface area (Å²) < 4.78 is 0. The number of carbonyl (C=O) groups is 2. The lowest BCUT2D eigenvalue weighted by Gasteiger charge is -2.26. The van der Waals surface area contributed by atoms with Gasteiger partial charge in [-0.15, -0.1) is 0 Å². The Bertz CT molecular complexity index is 512. The van der Waals surface area contributed by atoms with E-state index < -0.39 is 11.3 Å². The summed E-state index contributed by atoms with van der Waals surface area (Å²) in [6.07, 6.45) is 7.57. The van der Waals surface area contributed by atoms with Gasteiger partial charge < -0.3 is 11.1 Å². The molecule has 1 unspecified atom stereocenters. The Kier molecular flexibility index (Phi) is 2.69. The van der Waals surface area contributed by atoms with Crippen molar-refractivity contribution in [2.45, 2.75) is 32.7 Å². The average Bonchev–Trinajstić information content (AvgIpc) is 2.43. The van der Waals surface area contributed by atoms with Crippen molar-refractivity contribution >= 4 is 11.7 Å². The van der Waals surface area contributed by atoms with Gasteiger partial charge in [-0.2, -0.15) is 0 Å². The van der Waals surface area contributed by atoms with Gasteiger partial charge >= 0.3 is 0 Å². The molecule has 0 radical (unpaired) electrons. The van der Waals surface area contributed by atoms with E-state index in [-0.39, 0.29) is 11.3 Å². The second kappa shape index (κ2) is 3.83. The van der Waals surface area contributed by atoms with Gasteiger partial charge in [-0.1, -0.05) is 12.2 Å². The number of nitrogens with one attached hydrogen (secondary N) is 1. The van der Waals surface area contributed by atoms with Crippen molar-refractivity contribution in [1.29, 1.82) is 0 Å². The van der Waals surface area contributed by atoms with Gasteiger partial charge in [0.05, 0.1) is 0 Å². The first-order chi connectivity index (χ1) is 8.24. The normalized spacial score (nSPS) is 31.6. The molecule has 1 saturated heterocycles. The van der Waals surface area contributed by atoms with Gasteiger partial charge in [-0.05, 0) is 38.8 Å². The summed E-state index contributed by atoms with van der Waals surface area (Å²) in [4.78, 5) is 22.7. The SMILES string of the molecule is CC1=CC2(C=CC1=O)CC(C)(C)N/C2=C\C(N)=O. The third-order valence-electron chi connectivity index (χ3n) is 3.39. The van der Waals surface area contributed by atoms with Crippen molar-refractivity contribution in [3.05, 3.63) is 35.6 Å². The molecule has 1 aliphatic carbocycles. The average molecular weight is 246 g/mol. The Hall–Kier alpha value is -1.84. The Morgan fingerprint density at radius 3 is 2.72 bits per heavy atom. The van der Waals surface area contributed by atoms with Crippen LogP contribution in [0.3, 0.4) is 0 Å². The van der Waals surface area contributed by atoms with Crippen LogP contribution in [0.15, 0.2) is 35.6 Å². The van der Waals surface area contributed by atoms with Crippen LogP contribution in [0.4, 0.5) is 0 Å². The lowest BCUT2D eigenvalue weighted by Crippen LogP contribution is -2.31. The lowest BCUT2D eigenvalue weighted by molar-refractivity contribution is -0.113. The van der Waals surface area contributed by atoms with Gasteiger partial charge in [0.15, 0.2) is 5.78 Å². The highest BCUT2D eigenvalue weighted by atomic mass is 16.1. The monoisotopic (exact) mass is 246 g/mol. The van der Waals surface area contributed by atoms with Crippen molar-refractivity contribution in [1.82, 2.24) is 5.32 Å². The van der Waals surface area contributed by atoms with Crippen LogP contribution in [0, 0.1) is 5.41 Å². The quantitative estimate of drug-likeness (QED) is 0.683. The van der Waals surface area contributed by atoms with Crippen LogP contribution in [0.2, 0.25) is 0 Å². The summed E-state index contributed by atoms with van der Waals surface area (Å²) in [5, 5.41) is 3.31. The highest BCUT2D eigenvalue weighted by Crippen LogP contribution is 2.46. The molecule has 0 aromatic heterocycles. The predicted octanol–water partition coefficient (Wildman–Crippen LogP) is 1.20. The molecule has 1 fully saturated rings. The van der Waals surface area contributed by atoms with Crippen molar-refractivity contribution in [2.75, 3.05) is 0 Å². The van der Waals surface area contributed by atoms with Crippen molar-refractivity contribution in [3.63, 3.8) is 0 Å². The topological polar surface area (TPSA) is 72.2 Å². The van der Waals surface area contributed by atoms with Crippen LogP contribution in [-0.2, 0) is 9.59 Å². The Balaban J connectivity index is 2.51. The Labute approximate surface area is 107 Å². The third-order valence-corrected chi connectivity index (χ3v) is 3.39. The molecule has 1 heterocycles. The van der Waals surface area contributed by atoms with E-state index >= 15 is 0 Å². The second-order valence-electron chi connectivity index (χ2n) is 5.71. The van der Waals surface area contributed by atoms with Gasteiger partial charge in [0.1, 0.15) is 0 Å². The number of allylic oxidation sites excluding steroid dienone is 3. The van der Waals surface area contributed by atoms with Gasteiger partial charge in [-0.3, -0.25) is 9.59 Å². The lowest BCUT2D eigenvalue weighted by atomic mass is 9.75. The zero-order valence-electron chi connectivity index (χ0n) is 10.9. The number of ketones is 1. The summed E-state index contributed by atoms with van der Waals surface area (Å²) >= 11 is 0. The number of carbonyl (C=O) groups excluding carboxylic acids is 2. The summed E-state index contributed by atoms with van der Waals surface area (Å²) in [6.45, 7) is 5.91. The second-order valence-corrected chi connectivity index (χ2v) is 5.71. The molecule has 3 N–H and O–H groups in total. The molecule has 4 nitrogen and oxygen atoms in total. The molecule has 96 valence electrons. The first-order valence-electron chi connectivity index (χ1n) is 5.97. The largest absolute Gasteiger partial charge is 0.382 e. The minimum absolute atomic E-state index is 0.0174. The Morgan fingerprint density at radius 1 is 1.50 bits per heavy atom. The van der Waals surface area contributed by atoms with Gasteiger partial charge in [0, 0.05) is 22.7 Å². The van der Waals surface area contributed by atoms with Crippen LogP contribution >= 0.6 is 0 Å². The number of primary amides is 1. The van der Waals surface area contributed by atoms with Gasteiger partial charge in [-0.25, -0.2) is 0 Å². The third kappa shape index (κ3) is 2.10. The van der Waals surface area contributed by atoms with Gasteiger partial charge in [0.25, 0.3) is 0 Å². The first-order valence-corrected chi connectivity index (χ1v) is 5.97. The summed E-state index contributed by atoms with van der Waals surface area (Å²) in [6, 6.07) is 0. The van der Waals surface area contributed by atoms with Gasteiger partial charge in [0.2, 0.25) is 5.91 Å². The van der Waals surface area contributed by atoms with Crippen LogP contribution in [0.1, 0.15) is 27.2 Å². The number of amides is 1. The predicted molar refractivity (Wildman–Crippen MR) is 69.4 cm³/mol. The fourth-order valence-corrected chi connectivity index (χ4v) is 2.80. The summed E-state index contributed by atoms with van der Waals surface area (Å²) in [5.74, 6) is -0.463. The molecule has 1 amide bonds. The minimum atomic E-state index is -0.481. The number of hydrogen-bond acceptors (Lipinski definition) is 3. The molecule has 18 heavy (non-hydrogen) atoms. The maximum absolute atomic E-state index is 11.5. The molecule has 2 aliphatic rings. The van der Waals surface area contributed by atoms with E-state index in [0.717, 1.165) is 12.1 Å². The molecule has 1 aliphatic heterocycles.